The van der Waals surface area contributed by atoms with E-state index in [1.54, 1.807) is 30.5 Å². The van der Waals surface area contributed by atoms with Crippen LogP contribution in [0.1, 0.15) is 13.8 Å². The lowest BCUT2D eigenvalue weighted by Crippen LogP contribution is -2.12. The number of nitrogens with one attached hydrogen (secondary N) is 1. The molecule has 0 spiro atoms. The summed E-state index contributed by atoms with van der Waals surface area (Å²) in [6.07, 6.45) is 4.76. The SMILES string of the molecule is CC(C)CNc1nccn1-c1ccc(S(C)(=O)=O)cc1. The number of imidazole rings is 1. The second-order valence-corrected chi connectivity index (χ2v) is 7.18. The van der Waals surface area contributed by atoms with E-state index < -0.39 is 9.84 Å². The van der Waals surface area contributed by atoms with E-state index in [0.717, 1.165) is 18.2 Å². The normalized spacial score (nSPS) is 11.8. The molecule has 1 N–H and O–H groups in total. The van der Waals surface area contributed by atoms with E-state index >= 15 is 0 Å². The second-order valence-electron chi connectivity index (χ2n) is 5.16. The number of nitrogens with zero attached hydrogens (tertiary/aromatic N) is 2. The predicted octanol–water partition coefficient (Wildman–Crippen LogP) is 2.34. The van der Waals surface area contributed by atoms with Gasteiger partial charge in [-0.2, -0.15) is 0 Å². The van der Waals surface area contributed by atoms with Gasteiger partial charge in [0.1, 0.15) is 0 Å². The van der Waals surface area contributed by atoms with Crippen LogP contribution in [0.25, 0.3) is 5.69 Å². The molecule has 5 nitrogen and oxygen atoms in total. The lowest BCUT2D eigenvalue weighted by Gasteiger charge is -2.11. The number of sulfone groups is 1. The highest BCUT2D eigenvalue weighted by molar-refractivity contribution is 7.90. The molecule has 108 valence electrons. The lowest BCUT2D eigenvalue weighted by atomic mass is 10.2. The zero-order valence-corrected chi connectivity index (χ0v) is 12.7. The summed E-state index contributed by atoms with van der Waals surface area (Å²) in [7, 11) is -3.16. The van der Waals surface area contributed by atoms with Crippen LogP contribution < -0.4 is 5.32 Å². The largest absolute Gasteiger partial charge is 0.355 e. The standard InChI is InChI=1S/C14H19N3O2S/c1-11(2)10-16-14-15-8-9-17(14)12-4-6-13(7-5-12)20(3,18)19/h4-9,11H,10H2,1-3H3,(H,15,16). The van der Waals surface area contributed by atoms with Gasteiger partial charge >= 0.3 is 0 Å². The van der Waals surface area contributed by atoms with E-state index in [9.17, 15) is 8.42 Å². The first-order valence-electron chi connectivity index (χ1n) is 6.45. The van der Waals surface area contributed by atoms with Gasteiger partial charge in [0.25, 0.3) is 0 Å². The van der Waals surface area contributed by atoms with Crippen molar-refractivity contribution < 1.29 is 8.42 Å². The molecular formula is C14H19N3O2S. The average Bonchev–Trinajstić information content (AvgIpc) is 2.83. The summed E-state index contributed by atoms with van der Waals surface area (Å²) >= 11 is 0. The number of hydrogen-bond donors (Lipinski definition) is 1. The van der Waals surface area contributed by atoms with Gasteiger partial charge in [-0.1, -0.05) is 13.8 Å². The molecule has 0 atom stereocenters. The highest BCUT2D eigenvalue weighted by Crippen LogP contribution is 2.17. The van der Waals surface area contributed by atoms with Crippen molar-refractivity contribution in [1.82, 2.24) is 9.55 Å². The summed E-state index contributed by atoms with van der Waals surface area (Å²) in [5.41, 5.74) is 0.876. The molecule has 2 aromatic rings. The van der Waals surface area contributed by atoms with E-state index in [-0.39, 0.29) is 0 Å². The Balaban J connectivity index is 2.26. The Hall–Kier alpha value is -1.82. The molecule has 0 aliphatic rings. The van der Waals surface area contributed by atoms with Gasteiger partial charge < -0.3 is 5.32 Å². The van der Waals surface area contributed by atoms with Gasteiger partial charge in [-0.15, -0.1) is 0 Å². The summed E-state index contributed by atoms with van der Waals surface area (Å²) in [6.45, 7) is 5.08. The van der Waals surface area contributed by atoms with Gasteiger partial charge in [-0.05, 0) is 30.2 Å². The number of rotatable bonds is 5. The molecule has 1 aromatic carbocycles. The van der Waals surface area contributed by atoms with Crippen molar-refractivity contribution in [2.75, 3.05) is 18.1 Å². The third-order valence-electron chi connectivity index (χ3n) is 2.85. The van der Waals surface area contributed by atoms with E-state index in [0.29, 0.717) is 10.8 Å². The molecule has 0 fully saturated rings. The van der Waals surface area contributed by atoms with Crippen LogP contribution in [-0.4, -0.2) is 30.8 Å². The maximum absolute atomic E-state index is 11.4. The quantitative estimate of drug-likeness (QED) is 0.919. The van der Waals surface area contributed by atoms with Crippen LogP contribution in [0.2, 0.25) is 0 Å². The molecule has 0 aliphatic carbocycles. The Bertz CT molecular complexity index is 673. The van der Waals surface area contributed by atoms with Crippen LogP contribution in [0.5, 0.6) is 0 Å². The Morgan fingerprint density at radius 1 is 1.25 bits per heavy atom. The van der Waals surface area contributed by atoms with Gasteiger partial charge in [0.05, 0.1) is 4.90 Å². The summed E-state index contributed by atoms with van der Waals surface area (Å²) in [4.78, 5) is 4.59. The molecule has 1 heterocycles. The Labute approximate surface area is 119 Å². The minimum atomic E-state index is -3.16. The summed E-state index contributed by atoms with van der Waals surface area (Å²) in [6, 6.07) is 6.77. The Kier molecular flexibility index (Phi) is 4.13. The van der Waals surface area contributed by atoms with Crippen LogP contribution in [0.3, 0.4) is 0 Å². The Morgan fingerprint density at radius 2 is 1.90 bits per heavy atom. The van der Waals surface area contributed by atoms with Crippen molar-refractivity contribution >= 4 is 15.8 Å². The van der Waals surface area contributed by atoms with Crippen molar-refractivity contribution in [2.24, 2.45) is 5.92 Å². The predicted molar refractivity (Wildman–Crippen MR) is 80.0 cm³/mol. The highest BCUT2D eigenvalue weighted by atomic mass is 32.2. The number of benzene rings is 1. The van der Waals surface area contributed by atoms with Crippen molar-refractivity contribution in [3.05, 3.63) is 36.7 Å². The van der Waals surface area contributed by atoms with Gasteiger partial charge in [0.15, 0.2) is 9.84 Å². The number of anilines is 1. The fourth-order valence-corrected chi connectivity index (χ4v) is 2.42. The first kappa shape index (κ1) is 14.6. The van der Waals surface area contributed by atoms with Crippen molar-refractivity contribution in [3.8, 4) is 5.69 Å². The first-order valence-corrected chi connectivity index (χ1v) is 8.35. The molecule has 6 heteroatoms. The summed E-state index contributed by atoms with van der Waals surface area (Å²) < 4.78 is 24.8. The monoisotopic (exact) mass is 293 g/mol. The minimum Gasteiger partial charge on any atom is -0.355 e. The molecule has 2 rings (SSSR count). The van der Waals surface area contributed by atoms with Crippen LogP contribution in [0.4, 0.5) is 5.95 Å². The third kappa shape index (κ3) is 3.39. The Morgan fingerprint density at radius 3 is 2.45 bits per heavy atom. The fraction of sp³-hybridized carbons (Fsp3) is 0.357. The summed E-state index contributed by atoms with van der Waals surface area (Å²) in [5.74, 6) is 1.28. The molecule has 0 radical (unpaired) electrons. The van der Waals surface area contributed by atoms with E-state index in [1.807, 2.05) is 10.8 Å². The molecule has 1 aromatic heterocycles. The maximum atomic E-state index is 11.4. The average molecular weight is 293 g/mol. The molecule has 0 bridgehead atoms. The molecule has 0 unspecified atom stereocenters. The second kappa shape index (κ2) is 5.66. The smallest absolute Gasteiger partial charge is 0.207 e. The van der Waals surface area contributed by atoms with E-state index in [1.165, 1.54) is 6.26 Å². The van der Waals surface area contributed by atoms with Gasteiger partial charge in [0.2, 0.25) is 5.95 Å². The first-order chi connectivity index (χ1) is 9.38. The van der Waals surface area contributed by atoms with Crippen LogP contribution in [0.15, 0.2) is 41.6 Å². The molecule has 0 saturated heterocycles. The van der Waals surface area contributed by atoms with Crippen molar-refractivity contribution in [2.45, 2.75) is 18.7 Å². The van der Waals surface area contributed by atoms with Gasteiger partial charge in [-0.25, -0.2) is 13.4 Å². The summed E-state index contributed by atoms with van der Waals surface area (Å²) in [5, 5.41) is 3.27. The van der Waals surface area contributed by atoms with Crippen LogP contribution in [0, 0.1) is 5.92 Å². The fourth-order valence-electron chi connectivity index (χ4n) is 1.79. The minimum absolute atomic E-state index is 0.318. The molecule has 20 heavy (non-hydrogen) atoms. The molecule has 0 saturated carbocycles. The topological polar surface area (TPSA) is 64.0 Å². The van der Waals surface area contributed by atoms with E-state index in [2.05, 4.69) is 24.1 Å². The third-order valence-corrected chi connectivity index (χ3v) is 3.98. The number of aromatic nitrogens is 2. The molecular weight excluding hydrogens is 274 g/mol. The number of hydrogen-bond acceptors (Lipinski definition) is 4. The van der Waals surface area contributed by atoms with Crippen molar-refractivity contribution in [1.29, 1.82) is 0 Å². The highest BCUT2D eigenvalue weighted by Gasteiger charge is 2.09. The molecule has 0 amide bonds. The maximum Gasteiger partial charge on any atom is 0.207 e. The van der Waals surface area contributed by atoms with Gasteiger partial charge in [0, 0.05) is 30.9 Å². The zero-order valence-electron chi connectivity index (χ0n) is 11.9. The van der Waals surface area contributed by atoms with Gasteiger partial charge in [-0.3, -0.25) is 4.57 Å². The van der Waals surface area contributed by atoms with E-state index in [4.69, 9.17) is 0 Å². The van der Waals surface area contributed by atoms with Crippen molar-refractivity contribution in [3.63, 3.8) is 0 Å². The molecule has 0 aliphatic heterocycles. The van der Waals surface area contributed by atoms with Crippen LogP contribution in [-0.2, 0) is 9.84 Å². The zero-order chi connectivity index (χ0) is 14.8. The van der Waals surface area contributed by atoms with Crippen LogP contribution >= 0.6 is 0 Å². The lowest BCUT2D eigenvalue weighted by molar-refractivity contribution is 0.602.